The smallest absolute Gasteiger partial charge is 0.244 e. The molecular formula is C14H23Cl2N3O2S. The van der Waals surface area contributed by atoms with Crippen molar-refractivity contribution < 1.29 is 8.42 Å². The molecule has 1 aromatic carbocycles. The van der Waals surface area contributed by atoms with Crippen molar-refractivity contribution in [1.82, 2.24) is 9.21 Å². The van der Waals surface area contributed by atoms with Crippen LogP contribution in [0.3, 0.4) is 0 Å². The first-order valence-corrected chi connectivity index (χ1v) is 8.78. The van der Waals surface area contributed by atoms with Crippen LogP contribution >= 0.6 is 24.0 Å². The third-order valence-corrected chi connectivity index (χ3v) is 5.82. The molecule has 1 aromatic rings. The molecule has 1 heterocycles. The lowest BCUT2D eigenvalue weighted by Gasteiger charge is -2.37. The molecule has 0 radical (unpaired) electrons. The fourth-order valence-corrected chi connectivity index (χ4v) is 4.41. The summed E-state index contributed by atoms with van der Waals surface area (Å²) in [7, 11) is -3.52. The molecule has 0 unspecified atom stereocenters. The Morgan fingerprint density at radius 2 is 1.73 bits per heavy atom. The zero-order valence-electron chi connectivity index (χ0n) is 12.8. The van der Waals surface area contributed by atoms with Gasteiger partial charge in [0.1, 0.15) is 4.90 Å². The van der Waals surface area contributed by atoms with Crippen molar-refractivity contribution in [3.63, 3.8) is 0 Å². The Bertz CT molecular complexity index is 594. The van der Waals surface area contributed by atoms with Crippen LogP contribution in [0, 0.1) is 0 Å². The van der Waals surface area contributed by atoms with Gasteiger partial charge < -0.3 is 5.73 Å². The topological polar surface area (TPSA) is 66.6 Å². The van der Waals surface area contributed by atoms with Crippen molar-refractivity contribution in [1.29, 1.82) is 0 Å². The highest BCUT2D eigenvalue weighted by Crippen LogP contribution is 2.25. The van der Waals surface area contributed by atoms with E-state index in [-0.39, 0.29) is 27.9 Å². The first-order valence-electron chi connectivity index (χ1n) is 6.96. The third kappa shape index (κ3) is 4.81. The molecule has 126 valence electrons. The predicted octanol–water partition coefficient (Wildman–Crippen LogP) is 1.81. The van der Waals surface area contributed by atoms with E-state index in [1.165, 1.54) is 4.31 Å². The van der Waals surface area contributed by atoms with Crippen LogP contribution in [0.15, 0.2) is 29.2 Å². The zero-order valence-corrected chi connectivity index (χ0v) is 15.2. The highest BCUT2D eigenvalue weighted by Gasteiger charge is 2.30. The summed E-state index contributed by atoms with van der Waals surface area (Å²) >= 11 is 6.01. The quantitative estimate of drug-likeness (QED) is 0.880. The van der Waals surface area contributed by atoms with Crippen molar-refractivity contribution in [3.05, 3.63) is 29.3 Å². The largest absolute Gasteiger partial charge is 0.324 e. The Labute approximate surface area is 143 Å². The molecule has 2 rings (SSSR count). The molecule has 1 fully saturated rings. The van der Waals surface area contributed by atoms with E-state index in [9.17, 15) is 8.42 Å². The molecule has 0 spiro atoms. The van der Waals surface area contributed by atoms with Gasteiger partial charge in [-0.1, -0.05) is 23.7 Å². The number of nitrogens with zero attached hydrogens (tertiary/aromatic N) is 2. The Morgan fingerprint density at radius 1 is 1.18 bits per heavy atom. The normalized spacial score (nSPS) is 18.0. The first kappa shape index (κ1) is 19.7. The molecule has 0 bridgehead atoms. The van der Waals surface area contributed by atoms with E-state index >= 15 is 0 Å². The van der Waals surface area contributed by atoms with Crippen molar-refractivity contribution >= 4 is 34.0 Å². The van der Waals surface area contributed by atoms with Gasteiger partial charge in [0, 0.05) is 38.3 Å². The highest BCUT2D eigenvalue weighted by atomic mass is 35.5. The summed E-state index contributed by atoms with van der Waals surface area (Å²) in [6, 6.07) is 6.56. The van der Waals surface area contributed by atoms with Gasteiger partial charge in [0.2, 0.25) is 10.0 Å². The van der Waals surface area contributed by atoms with Gasteiger partial charge in [-0.15, -0.1) is 12.4 Å². The van der Waals surface area contributed by atoms with E-state index in [2.05, 4.69) is 4.90 Å². The lowest BCUT2D eigenvalue weighted by molar-refractivity contribution is 0.162. The second-order valence-electron chi connectivity index (χ2n) is 6.10. The van der Waals surface area contributed by atoms with Gasteiger partial charge in [-0.2, -0.15) is 4.31 Å². The molecule has 0 amide bonds. The number of benzene rings is 1. The maximum atomic E-state index is 12.6. The van der Waals surface area contributed by atoms with Gasteiger partial charge in [0.15, 0.2) is 0 Å². The van der Waals surface area contributed by atoms with E-state index in [1.807, 2.05) is 13.8 Å². The van der Waals surface area contributed by atoms with Gasteiger partial charge in [-0.3, -0.25) is 4.90 Å². The Balaban J connectivity index is 0.00000242. The molecule has 0 aliphatic carbocycles. The summed E-state index contributed by atoms with van der Waals surface area (Å²) in [4.78, 5) is 2.37. The lowest BCUT2D eigenvalue weighted by Crippen LogP contribution is -2.54. The van der Waals surface area contributed by atoms with Crippen LogP contribution in [-0.4, -0.2) is 55.9 Å². The van der Waals surface area contributed by atoms with E-state index in [0.29, 0.717) is 26.2 Å². The minimum absolute atomic E-state index is 0. The van der Waals surface area contributed by atoms with Gasteiger partial charge in [0.05, 0.1) is 5.02 Å². The van der Waals surface area contributed by atoms with Crippen LogP contribution in [-0.2, 0) is 10.0 Å². The average molecular weight is 368 g/mol. The summed E-state index contributed by atoms with van der Waals surface area (Å²) in [5, 5.41) is 0.267. The monoisotopic (exact) mass is 367 g/mol. The highest BCUT2D eigenvalue weighted by molar-refractivity contribution is 7.89. The van der Waals surface area contributed by atoms with Crippen LogP contribution in [0.25, 0.3) is 0 Å². The summed E-state index contributed by atoms with van der Waals surface area (Å²) in [5.74, 6) is 0. The summed E-state index contributed by atoms with van der Waals surface area (Å²) in [6.07, 6.45) is 0. The third-order valence-electron chi connectivity index (χ3n) is 3.42. The van der Waals surface area contributed by atoms with E-state index < -0.39 is 10.0 Å². The molecule has 2 N–H and O–H groups in total. The van der Waals surface area contributed by atoms with Crippen molar-refractivity contribution in [2.24, 2.45) is 5.73 Å². The molecule has 0 atom stereocenters. The van der Waals surface area contributed by atoms with Crippen molar-refractivity contribution in [3.8, 4) is 0 Å². The van der Waals surface area contributed by atoms with Crippen LogP contribution in [0.1, 0.15) is 13.8 Å². The molecule has 1 saturated heterocycles. The summed E-state index contributed by atoms with van der Waals surface area (Å²) in [5.41, 5.74) is 5.73. The standard InChI is InChI=1S/C14H22ClN3O2S.ClH/c1-14(2,16)11-17-7-9-18(10-8-17)21(19,20)13-6-4-3-5-12(13)15;/h3-6H,7-11,16H2,1-2H3;1H. The molecule has 1 aliphatic rings. The van der Waals surface area contributed by atoms with Gasteiger partial charge in [0.25, 0.3) is 0 Å². The van der Waals surface area contributed by atoms with E-state index in [1.54, 1.807) is 24.3 Å². The molecule has 1 aliphatic heterocycles. The van der Waals surface area contributed by atoms with Gasteiger partial charge in [-0.25, -0.2) is 8.42 Å². The minimum Gasteiger partial charge on any atom is -0.324 e. The van der Waals surface area contributed by atoms with Crippen LogP contribution < -0.4 is 5.73 Å². The second kappa shape index (κ2) is 7.47. The fourth-order valence-electron chi connectivity index (χ4n) is 2.50. The molecule has 0 aromatic heterocycles. The molecule has 5 nitrogen and oxygen atoms in total. The first-order chi connectivity index (χ1) is 9.70. The number of rotatable bonds is 4. The maximum Gasteiger partial charge on any atom is 0.244 e. The van der Waals surface area contributed by atoms with Crippen LogP contribution in [0.2, 0.25) is 5.02 Å². The number of piperazine rings is 1. The minimum atomic E-state index is -3.52. The van der Waals surface area contributed by atoms with Crippen molar-refractivity contribution in [2.45, 2.75) is 24.3 Å². The lowest BCUT2D eigenvalue weighted by atomic mass is 10.1. The summed E-state index contributed by atoms with van der Waals surface area (Å²) in [6.45, 7) is 6.99. The Morgan fingerprint density at radius 3 is 2.23 bits per heavy atom. The van der Waals surface area contributed by atoms with E-state index in [4.69, 9.17) is 17.3 Å². The molecule has 8 heteroatoms. The summed E-state index contributed by atoms with van der Waals surface area (Å²) < 4.78 is 26.7. The van der Waals surface area contributed by atoms with Crippen LogP contribution in [0.5, 0.6) is 0 Å². The fraction of sp³-hybridized carbons (Fsp3) is 0.571. The molecular weight excluding hydrogens is 345 g/mol. The second-order valence-corrected chi connectivity index (χ2v) is 8.41. The van der Waals surface area contributed by atoms with Crippen molar-refractivity contribution in [2.75, 3.05) is 32.7 Å². The Hall–Kier alpha value is -0.370. The number of hydrogen-bond acceptors (Lipinski definition) is 4. The molecule has 0 saturated carbocycles. The number of sulfonamides is 1. The number of hydrogen-bond donors (Lipinski definition) is 1. The average Bonchev–Trinajstić information content (AvgIpc) is 2.37. The van der Waals surface area contributed by atoms with E-state index in [0.717, 1.165) is 6.54 Å². The molecule has 22 heavy (non-hydrogen) atoms. The SMILES string of the molecule is CC(C)(N)CN1CCN(S(=O)(=O)c2ccccc2Cl)CC1.Cl. The number of halogens is 2. The Kier molecular flexibility index (Phi) is 6.68. The van der Waals surface area contributed by atoms with Gasteiger partial charge >= 0.3 is 0 Å². The van der Waals surface area contributed by atoms with Crippen LogP contribution in [0.4, 0.5) is 0 Å². The zero-order chi connectivity index (χ0) is 15.7. The maximum absolute atomic E-state index is 12.6. The van der Waals surface area contributed by atoms with Gasteiger partial charge in [-0.05, 0) is 26.0 Å². The predicted molar refractivity (Wildman–Crippen MR) is 92.2 cm³/mol. The number of nitrogens with two attached hydrogens (primary N) is 1.